The van der Waals surface area contributed by atoms with Gasteiger partial charge in [-0.3, -0.25) is 19.2 Å². The lowest BCUT2D eigenvalue weighted by Crippen LogP contribution is -2.59. The van der Waals surface area contributed by atoms with Crippen molar-refractivity contribution in [2.75, 3.05) is 13.2 Å². The molecule has 2 aromatic rings. The summed E-state index contributed by atoms with van der Waals surface area (Å²) >= 11 is 0. The third-order valence-electron chi connectivity index (χ3n) is 7.70. The van der Waals surface area contributed by atoms with Gasteiger partial charge < -0.3 is 47.0 Å². The number of aromatic hydroxyl groups is 2. The minimum Gasteiger partial charge on any atom is -0.508 e. The maximum Gasteiger partial charge on any atom is 0.326 e. The second-order valence-corrected chi connectivity index (χ2v) is 11.9. The van der Waals surface area contributed by atoms with Crippen LogP contribution >= 0.6 is 0 Å². The Bertz CT molecular complexity index is 1370. The van der Waals surface area contributed by atoms with Gasteiger partial charge in [-0.2, -0.15) is 0 Å². The van der Waals surface area contributed by atoms with Crippen LogP contribution in [0.25, 0.3) is 0 Å². The van der Waals surface area contributed by atoms with Crippen molar-refractivity contribution >= 4 is 29.6 Å². The van der Waals surface area contributed by atoms with Crippen LogP contribution < -0.4 is 21.7 Å². The van der Waals surface area contributed by atoms with Crippen LogP contribution in [-0.4, -0.2) is 98.3 Å². The fraction of sp³-hybridized carbons (Fsp3) is 0.469. The lowest BCUT2D eigenvalue weighted by molar-refractivity contribution is -0.145. The summed E-state index contributed by atoms with van der Waals surface area (Å²) < 4.78 is 0. The maximum absolute atomic E-state index is 13.5. The molecule has 0 spiro atoms. The Morgan fingerprint density at radius 1 is 0.826 bits per heavy atom. The van der Waals surface area contributed by atoms with Crippen molar-refractivity contribution < 1.29 is 44.4 Å². The molecule has 250 valence electrons. The number of phenols is 2. The second-order valence-electron chi connectivity index (χ2n) is 11.9. The van der Waals surface area contributed by atoms with Gasteiger partial charge in [0.15, 0.2) is 0 Å². The molecule has 1 aliphatic heterocycles. The van der Waals surface area contributed by atoms with E-state index in [4.69, 9.17) is 5.73 Å². The first-order chi connectivity index (χ1) is 21.8. The predicted molar refractivity (Wildman–Crippen MR) is 166 cm³/mol. The zero-order chi connectivity index (χ0) is 34.0. The molecule has 2 aromatic carbocycles. The van der Waals surface area contributed by atoms with Gasteiger partial charge in [0.25, 0.3) is 0 Å². The molecule has 3 rings (SSSR count). The number of hydrogen-bond acceptors (Lipinski definition) is 9. The molecule has 14 heteroatoms. The molecule has 0 bridgehead atoms. The quantitative estimate of drug-likeness (QED) is 0.127. The van der Waals surface area contributed by atoms with E-state index >= 15 is 0 Å². The highest BCUT2D eigenvalue weighted by molar-refractivity contribution is 5.96. The van der Waals surface area contributed by atoms with E-state index < -0.39 is 66.4 Å². The monoisotopic (exact) mass is 641 g/mol. The summed E-state index contributed by atoms with van der Waals surface area (Å²) in [6.45, 7) is 3.00. The number of rotatable bonds is 15. The van der Waals surface area contributed by atoms with E-state index in [1.165, 1.54) is 29.2 Å². The highest BCUT2D eigenvalue weighted by Crippen LogP contribution is 2.20. The number of nitrogens with zero attached hydrogens (tertiary/aromatic N) is 1. The Hall–Kier alpha value is -4.69. The summed E-state index contributed by atoms with van der Waals surface area (Å²) in [6, 6.07) is 6.19. The Morgan fingerprint density at radius 2 is 1.37 bits per heavy atom. The van der Waals surface area contributed by atoms with Crippen LogP contribution in [0.1, 0.15) is 44.2 Å². The summed E-state index contributed by atoms with van der Waals surface area (Å²) in [7, 11) is 0. The van der Waals surface area contributed by atoms with Crippen molar-refractivity contribution in [3.63, 3.8) is 0 Å². The number of aliphatic carboxylic acids is 1. The highest BCUT2D eigenvalue weighted by atomic mass is 16.4. The van der Waals surface area contributed by atoms with E-state index in [9.17, 15) is 44.4 Å². The van der Waals surface area contributed by atoms with Crippen LogP contribution in [0.3, 0.4) is 0 Å². The summed E-state index contributed by atoms with van der Waals surface area (Å²) in [5.74, 6) is -3.98. The summed E-state index contributed by atoms with van der Waals surface area (Å²) in [5, 5.41) is 46.4. The summed E-state index contributed by atoms with van der Waals surface area (Å²) in [5.41, 5.74) is 7.36. The minimum absolute atomic E-state index is 0.00117. The second kappa shape index (κ2) is 16.6. The molecule has 0 saturated carbocycles. The Balaban J connectivity index is 1.73. The van der Waals surface area contributed by atoms with Gasteiger partial charge in [-0.25, -0.2) is 4.79 Å². The molecule has 0 aliphatic carbocycles. The third kappa shape index (κ3) is 10.2. The number of amides is 4. The van der Waals surface area contributed by atoms with Gasteiger partial charge in [-0.15, -0.1) is 0 Å². The Labute approximate surface area is 267 Å². The topological polar surface area (TPSA) is 232 Å². The van der Waals surface area contributed by atoms with E-state index in [-0.39, 0.29) is 49.6 Å². The molecular formula is C32H43N5O9. The fourth-order valence-electron chi connectivity index (χ4n) is 5.26. The van der Waals surface area contributed by atoms with Gasteiger partial charge in [0.1, 0.15) is 35.7 Å². The lowest BCUT2D eigenvalue weighted by atomic mass is 10.0. The SMILES string of the molecule is CC(C)C[C@H](NC(=O)[C@@H]1CCCN1C(=O)[C@H](CO)NC(=O)[C@H](Cc1ccc(O)cc1)NC(=O)[C@@H](N)Cc1ccc(O)cc1)C(=O)O. The number of aliphatic hydroxyl groups excluding tert-OH is 1. The average molecular weight is 642 g/mol. The van der Waals surface area contributed by atoms with E-state index in [2.05, 4.69) is 16.0 Å². The van der Waals surface area contributed by atoms with Crippen LogP contribution in [0.4, 0.5) is 0 Å². The number of nitrogens with one attached hydrogen (secondary N) is 3. The number of carboxylic acids is 1. The van der Waals surface area contributed by atoms with E-state index in [0.717, 1.165) is 0 Å². The number of phenolic OH excluding ortho intramolecular Hbond substituents is 2. The maximum atomic E-state index is 13.5. The van der Waals surface area contributed by atoms with Gasteiger partial charge in [-0.1, -0.05) is 38.1 Å². The number of carboxylic acid groups (broad SMARTS) is 1. The normalized spacial score (nSPS) is 17.1. The number of likely N-dealkylation sites (tertiary alicyclic amines) is 1. The number of nitrogens with two attached hydrogens (primary N) is 1. The molecular weight excluding hydrogens is 598 g/mol. The Kier molecular flexibility index (Phi) is 12.9. The first-order valence-electron chi connectivity index (χ1n) is 15.2. The zero-order valence-corrected chi connectivity index (χ0v) is 25.9. The van der Waals surface area contributed by atoms with Crippen LogP contribution in [0.5, 0.6) is 11.5 Å². The molecule has 4 amide bonds. The smallest absolute Gasteiger partial charge is 0.326 e. The van der Waals surface area contributed by atoms with Crippen molar-refractivity contribution in [3.05, 3.63) is 59.7 Å². The van der Waals surface area contributed by atoms with Crippen molar-refractivity contribution in [2.45, 2.75) is 76.2 Å². The molecule has 0 unspecified atom stereocenters. The standard InChI is InChI=1S/C32H43N5O9/c1-18(2)14-25(32(45)46)35-30(43)27-4-3-13-37(27)31(44)26(17-38)36-29(42)24(16-20-7-11-22(40)12-8-20)34-28(41)23(33)15-19-5-9-21(39)10-6-19/h5-12,18,23-27,38-40H,3-4,13-17,33H2,1-2H3,(H,34,41)(H,35,43)(H,36,42)(H,45,46)/t23-,24-,25-,26-,27-/m0/s1. The number of carbonyl (C=O) groups is 5. The number of hydrogen-bond donors (Lipinski definition) is 8. The average Bonchev–Trinajstić information content (AvgIpc) is 3.51. The third-order valence-corrected chi connectivity index (χ3v) is 7.70. The highest BCUT2D eigenvalue weighted by Gasteiger charge is 2.39. The van der Waals surface area contributed by atoms with Crippen molar-refractivity contribution in [1.82, 2.24) is 20.9 Å². The van der Waals surface area contributed by atoms with Crippen LogP contribution in [0, 0.1) is 5.92 Å². The van der Waals surface area contributed by atoms with Gasteiger partial charge in [0.05, 0.1) is 12.6 Å². The van der Waals surface area contributed by atoms with Crippen molar-refractivity contribution in [3.8, 4) is 11.5 Å². The van der Waals surface area contributed by atoms with Gasteiger partial charge in [-0.05, 0) is 67.0 Å². The van der Waals surface area contributed by atoms with Crippen molar-refractivity contribution in [1.29, 1.82) is 0 Å². The molecule has 1 saturated heterocycles. The lowest BCUT2D eigenvalue weighted by Gasteiger charge is -2.30. The number of aliphatic hydroxyl groups is 1. The molecule has 14 nitrogen and oxygen atoms in total. The van der Waals surface area contributed by atoms with E-state index in [0.29, 0.717) is 17.5 Å². The van der Waals surface area contributed by atoms with Crippen LogP contribution in [0.15, 0.2) is 48.5 Å². The molecule has 9 N–H and O–H groups in total. The van der Waals surface area contributed by atoms with Gasteiger partial charge >= 0.3 is 5.97 Å². The van der Waals surface area contributed by atoms with Gasteiger partial charge in [0.2, 0.25) is 23.6 Å². The Morgan fingerprint density at radius 3 is 1.89 bits per heavy atom. The first kappa shape index (κ1) is 35.8. The zero-order valence-electron chi connectivity index (χ0n) is 25.9. The predicted octanol–water partition coefficient (Wildman–Crippen LogP) is -0.221. The first-order valence-corrected chi connectivity index (χ1v) is 15.2. The molecule has 1 heterocycles. The molecule has 5 atom stereocenters. The molecule has 0 radical (unpaired) electrons. The number of carbonyl (C=O) groups excluding carboxylic acids is 4. The molecule has 1 fully saturated rings. The number of benzene rings is 2. The molecule has 1 aliphatic rings. The van der Waals surface area contributed by atoms with Crippen molar-refractivity contribution in [2.24, 2.45) is 11.7 Å². The summed E-state index contributed by atoms with van der Waals surface area (Å²) in [4.78, 5) is 66.0. The van der Waals surface area contributed by atoms with E-state index in [1.807, 2.05) is 13.8 Å². The minimum atomic E-state index is -1.46. The van der Waals surface area contributed by atoms with Crippen LogP contribution in [-0.2, 0) is 36.8 Å². The van der Waals surface area contributed by atoms with Gasteiger partial charge in [0, 0.05) is 13.0 Å². The molecule has 0 aromatic heterocycles. The fourth-order valence-corrected chi connectivity index (χ4v) is 5.26. The summed E-state index contributed by atoms with van der Waals surface area (Å²) in [6.07, 6.45) is 0.989. The largest absolute Gasteiger partial charge is 0.508 e. The van der Waals surface area contributed by atoms with E-state index in [1.54, 1.807) is 24.3 Å². The molecule has 46 heavy (non-hydrogen) atoms. The van der Waals surface area contributed by atoms with Crippen LogP contribution in [0.2, 0.25) is 0 Å².